The van der Waals surface area contributed by atoms with Gasteiger partial charge in [0.2, 0.25) is 0 Å². The summed E-state index contributed by atoms with van der Waals surface area (Å²) in [6.07, 6.45) is -2.10. The van der Waals surface area contributed by atoms with Crippen LogP contribution >= 0.6 is 0 Å². The summed E-state index contributed by atoms with van der Waals surface area (Å²) in [6, 6.07) is 5.45. The molecule has 1 saturated heterocycles. The Kier molecular flexibility index (Phi) is 6.15. The van der Waals surface area contributed by atoms with Crippen molar-refractivity contribution in [2.75, 3.05) is 25.5 Å². The predicted octanol–water partition coefficient (Wildman–Crippen LogP) is 3.24. The lowest BCUT2D eigenvalue weighted by Crippen LogP contribution is -2.44. The molecule has 0 spiro atoms. The molecule has 0 amide bonds. The van der Waals surface area contributed by atoms with Crippen LogP contribution in [0.25, 0.3) is 11.0 Å². The molecule has 0 radical (unpaired) electrons. The second-order valence-corrected chi connectivity index (χ2v) is 8.59. The van der Waals surface area contributed by atoms with E-state index in [1.807, 2.05) is 7.05 Å². The highest BCUT2D eigenvalue weighted by molar-refractivity contribution is 5.87. The fourth-order valence-electron chi connectivity index (χ4n) is 4.25. The lowest BCUT2D eigenvalue weighted by Gasteiger charge is -2.36. The van der Waals surface area contributed by atoms with E-state index in [4.69, 9.17) is 0 Å². The summed E-state index contributed by atoms with van der Waals surface area (Å²) in [5.41, 5.74) is -1.60. The van der Waals surface area contributed by atoms with Crippen LogP contribution in [0.1, 0.15) is 41.8 Å². The van der Waals surface area contributed by atoms with Gasteiger partial charge < -0.3 is 15.3 Å². The molecule has 7 nitrogen and oxygen atoms in total. The van der Waals surface area contributed by atoms with Crippen molar-refractivity contribution in [1.82, 2.24) is 19.4 Å². The van der Waals surface area contributed by atoms with Gasteiger partial charge in [0, 0.05) is 37.8 Å². The van der Waals surface area contributed by atoms with Crippen LogP contribution in [-0.2, 0) is 19.2 Å². The molecule has 10 heteroatoms. The normalized spacial score (nSPS) is 16.5. The van der Waals surface area contributed by atoms with Crippen molar-refractivity contribution in [3.63, 3.8) is 0 Å². The molecule has 1 aliphatic heterocycles. The molecule has 0 atom stereocenters. The number of halogens is 3. The van der Waals surface area contributed by atoms with Crippen LogP contribution in [-0.4, -0.2) is 44.7 Å². The number of anilines is 1. The van der Waals surface area contributed by atoms with Gasteiger partial charge in [-0.15, -0.1) is 0 Å². The zero-order chi connectivity index (χ0) is 23.9. The van der Waals surface area contributed by atoms with Crippen molar-refractivity contribution in [2.45, 2.75) is 38.3 Å². The number of likely N-dealkylation sites (tertiary alicyclic amines) is 1. The van der Waals surface area contributed by atoms with Crippen LogP contribution < -0.4 is 10.9 Å². The number of benzene rings is 1. The van der Waals surface area contributed by atoms with E-state index in [-0.39, 0.29) is 23.2 Å². The first-order valence-corrected chi connectivity index (χ1v) is 10.7. The van der Waals surface area contributed by atoms with Crippen LogP contribution in [0.2, 0.25) is 0 Å². The van der Waals surface area contributed by atoms with E-state index in [2.05, 4.69) is 20.2 Å². The number of aromatic nitrogens is 3. The van der Waals surface area contributed by atoms with E-state index >= 15 is 0 Å². The maximum atomic E-state index is 14.5. The van der Waals surface area contributed by atoms with Gasteiger partial charge in [0.15, 0.2) is 0 Å². The third-order valence-electron chi connectivity index (χ3n) is 6.28. The molecule has 4 rings (SSSR count). The summed E-state index contributed by atoms with van der Waals surface area (Å²) >= 11 is 0. The average Bonchev–Trinajstić information content (AvgIpc) is 2.77. The molecule has 176 valence electrons. The summed E-state index contributed by atoms with van der Waals surface area (Å²) in [5, 5.41) is 14.8. The Hall–Kier alpha value is -2.98. The maximum Gasteiger partial charge on any atom is 0.266 e. The second kappa shape index (κ2) is 8.75. The Morgan fingerprint density at radius 3 is 2.58 bits per heavy atom. The number of nitrogens with zero attached hydrogens (tertiary/aromatic N) is 4. The Balaban J connectivity index is 1.77. The lowest BCUT2D eigenvalue weighted by molar-refractivity contribution is -0.0215. The Bertz CT molecular complexity index is 1250. The fraction of sp³-hybridized carbons (Fsp3) is 0.435. The Labute approximate surface area is 188 Å². The molecular formula is C23H26F3N5O2. The SMILES string of the molecule is Cc1nc(NCc2cccc(C(F)F)c2F)c2cc(C3(O)CCN(C)CC3)c(=O)n(C)c2n1. The van der Waals surface area contributed by atoms with Gasteiger partial charge >= 0.3 is 0 Å². The van der Waals surface area contributed by atoms with Crippen LogP contribution in [0.4, 0.5) is 19.0 Å². The van der Waals surface area contributed by atoms with Crippen LogP contribution in [0.3, 0.4) is 0 Å². The molecule has 0 bridgehead atoms. The van der Waals surface area contributed by atoms with Crippen molar-refractivity contribution < 1.29 is 18.3 Å². The standard InChI is InChI=1S/C23H26F3N5O2/c1-13-28-20(27-12-14-5-4-6-15(18(14)24)19(25)26)16-11-17(22(32)31(3)21(16)29-13)23(33)7-9-30(2)10-8-23/h4-6,11,19,33H,7-10,12H2,1-3H3,(H,27,28,29). The van der Waals surface area contributed by atoms with Crippen molar-refractivity contribution in [2.24, 2.45) is 7.05 Å². The van der Waals surface area contributed by atoms with Crippen molar-refractivity contribution in [1.29, 1.82) is 0 Å². The highest BCUT2D eigenvalue weighted by Gasteiger charge is 2.36. The molecule has 1 aromatic carbocycles. The zero-order valence-corrected chi connectivity index (χ0v) is 18.7. The molecule has 3 heterocycles. The van der Waals surface area contributed by atoms with Gasteiger partial charge in [0.1, 0.15) is 23.1 Å². The minimum absolute atomic E-state index is 0.0659. The average molecular weight is 461 g/mol. The number of hydrogen-bond donors (Lipinski definition) is 2. The first-order chi connectivity index (χ1) is 15.6. The molecule has 0 aliphatic carbocycles. The van der Waals surface area contributed by atoms with Gasteiger partial charge in [0.05, 0.1) is 16.6 Å². The Morgan fingerprint density at radius 1 is 1.21 bits per heavy atom. The van der Waals surface area contributed by atoms with Crippen molar-refractivity contribution in [3.8, 4) is 0 Å². The number of aryl methyl sites for hydroxylation is 2. The highest BCUT2D eigenvalue weighted by atomic mass is 19.3. The molecule has 33 heavy (non-hydrogen) atoms. The highest BCUT2D eigenvalue weighted by Crippen LogP contribution is 2.33. The van der Waals surface area contributed by atoms with Gasteiger partial charge in [-0.1, -0.05) is 18.2 Å². The number of nitrogens with one attached hydrogen (secondary N) is 1. The smallest absolute Gasteiger partial charge is 0.266 e. The molecule has 3 aromatic rings. The number of piperidine rings is 1. The first-order valence-electron chi connectivity index (χ1n) is 10.7. The Morgan fingerprint density at radius 2 is 1.91 bits per heavy atom. The number of hydrogen-bond acceptors (Lipinski definition) is 6. The third kappa shape index (κ3) is 4.32. The molecule has 0 unspecified atom stereocenters. The fourth-order valence-corrected chi connectivity index (χ4v) is 4.25. The quantitative estimate of drug-likeness (QED) is 0.607. The summed E-state index contributed by atoms with van der Waals surface area (Å²) in [6.45, 7) is 2.86. The van der Waals surface area contributed by atoms with E-state index < -0.39 is 23.4 Å². The molecule has 2 aromatic heterocycles. The molecule has 0 saturated carbocycles. The third-order valence-corrected chi connectivity index (χ3v) is 6.28. The van der Waals surface area contributed by atoms with E-state index in [1.54, 1.807) is 20.0 Å². The largest absolute Gasteiger partial charge is 0.385 e. The number of fused-ring (bicyclic) bond motifs is 1. The van der Waals surface area contributed by atoms with E-state index in [0.29, 0.717) is 48.6 Å². The number of pyridine rings is 1. The van der Waals surface area contributed by atoms with Crippen LogP contribution in [0, 0.1) is 12.7 Å². The van der Waals surface area contributed by atoms with Gasteiger partial charge in [-0.25, -0.2) is 23.1 Å². The summed E-state index contributed by atoms with van der Waals surface area (Å²) < 4.78 is 42.0. The van der Waals surface area contributed by atoms with Gasteiger partial charge in [0.25, 0.3) is 12.0 Å². The topological polar surface area (TPSA) is 83.3 Å². The summed E-state index contributed by atoms with van der Waals surface area (Å²) in [7, 11) is 3.54. The van der Waals surface area contributed by atoms with E-state index in [1.165, 1.54) is 16.7 Å². The zero-order valence-electron chi connectivity index (χ0n) is 18.7. The van der Waals surface area contributed by atoms with Crippen molar-refractivity contribution >= 4 is 16.9 Å². The summed E-state index contributed by atoms with van der Waals surface area (Å²) in [5.74, 6) is -0.260. The molecular weight excluding hydrogens is 435 g/mol. The van der Waals surface area contributed by atoms with Crippen LogP contribution in [0.15, 0.2) is 29.1 Å². The molecule has 2 N–H and O–H groups in total. The first kappa shape index (κ1) is 23.2. The van der Waals surface area contributed by atoms with E-state index in [0.717, 1.165) is 6.07 Å². The predicted molar refractivity (Wildman–Crippen MR) is 119 cm³/mol. The van der Waals surface area contributed by atoms with Gasteiger partial charge in [-0.3, -0.25) is 9.36 Å². The molecule has 1 aliphatic rings. The lowest BCUT2D eigenvalue weighted by atomic mass is 9.85. The minimum Gasteiger partial charge on any atom is -0.385 e. The monoisotopic (exact) mass is 461 g/mol. The number of alkyl halides is 2. The minimum atomic E-state index is -2.92. The van der Waals surface area contributed by atoms with Gasteiger partial charge in [-0.05, 0) is 32.9 Å². The number of aliphatic hydroxyl groups is 1. The van der Waals surface area contributed by atoms with E-state index in [9.17, 15) is 23.1 Å². The van der Waals surface area contributed by atoms with Crippen molar-refractivity contribution in [3.05, 3.63) is 63.0 Å². The maximum absolute atomic E-state index is 14.5. The van der Waals surface area contributed by atoms with Gasteiger partial charge in [-0.2, -0.15) is 0 Å². The summed E-state index contributed by atoms with van der Waals surface area (Å²) in [4.78, 5) is 24.0. The molecule has 1 fully saturated rings. The van der Waals surface area contributed by atoms with Crippen LogP contribution in [0.5, 0.6) is 0 Å². The number of rotatable bonds is 5. The second-order valence-electron chi connectivity index (χ2n) is 8.59.